The fourth-order valence-corrected chi connectivity index (χ4v) is 1.67. The maximum Gasteiger partial charge on any atom is 0.227 e. The molecule has 0 bridgehead atoms. The SMILES string of the molecule is CCC(C)N(CCOC)C(=O)C1CC1N. The van der Waals surface area contributed by atoms with Gasteiger partial charge in [-0.1, -0.05) is 6.92 Å². The molecule has 0 heterocycles. The number of nitrogens with two attached hydrogens (primary N) is 1. The highest BCUT2D eigenvalue weighted by Crippen LogP contribution is 2.30. The lowest BCUT2D eigenvalue weighted by Crippen LogP contribution is -2.42. The van der Waals surface area contributed by atoms with Gasteiger partial charge in [0.1, 0.15) is 0 Å². The lowest BCUT2D eigenvalue weighted by atomic mass is 10.2. The van der Waals surface area contributed by atoms with Gasteiger partial charge in [-0.2, -0.15) is 0 Å². The van der Waals surface area contributed by atoms with Crippen LogP contribution in [0.5, 0.6) is 0 Å². The predicted molar refractivity (Wildman–Crippen MR) is 59.4 cm³/mol. The van der Waals surface area contributed by atoms with Crippen LogP contribution in [0.1, 0.15) is 26.7 Å². The third kappa shape index (κ3) is 3.18. The fraction of sp³-hybridized carbons (Fsp3) is 0.909. The minimum absolute atomic E-state index is 0.0656. The van der Waals surface area contributed by atoms with Crippen LogP contribution in [0, 0.1) is 5.92 Å². The topological polar surface area (TPSA) is 55.6 Å². The van der Waals surface area contributed by atoms with Crippen LogP contribution in [0.2, 0.25) is 0 Å². The van der Waals surface area contributed by atoms with E-state index in [1.54, 1.807) is 7.11 Å². The molecule has 0 spiro atoms. The number of amides is 1. The molecule has 1 aliphatic rings. The van der Waals surface area contributed by atoms with Crippen molar-refractivity contribution in [3.63, 3.8) is 0 Å². The molecule has 3 unspecified atom stereocenters. The molecule has 0 aromatic carbocycles. The van der Waals surface area contributed by atoms with Gasteiger partial charge in [0.25, 0.3) is 0 Å². The zero-order chi connectivity index (χ0) is 11.4. The molecule has 0 aliphatic heterocycles. The van der Waals surface area contributed by atoms with Crippen molar-refractivity contribution in [3.05, 3.63) is 0 Å². The van der Waals surface area contributed by atoms with Crippen LogP contribution >= 0.6 is 0 Å². The first-order valence-corrected chi connectivity index (χ1v) is 5.66. The first-order valence-electron chi connectivity index (χ1n) is 5.66. The normalized spacial score (nSPS) is 26.1. The number of rotatable bonds is 6. The van der Waals surface area contributed by atoms with Crippen LogP contribution < -0.4 is 5.73 Å². The Labute approximate surface area is 91.8 Å². The van der Waals surface area contributed by atoms with E-state index >= 15 is 0 Å². The van der Waals surface area contributed by atoms with Crippen molar-refractivity contribution in [2.24, 2.45) is 11.7 Å². The maximum absolute atomic E-state index is 12.0. The lowest BCUT2D eigenvalue weighted by Gasteiger charge is -2.28. The van der Waals surface area contributed by atoms with Gasteiger partial charge in [0, 0.05) is 25.7 Å². The first-order chi connectivity index (χ1) is 7.11. The average Bonchev–Trinajstić information content (AvgIpc) is 2.95. The van der Waals surface area contributed by atoms with E-state index in [4.69, 9.17) is 10.5 Å². The summed E-state index contributed by atoms with van der Waals surface area (Å²) in [6.07, 6.45) is 1.82. The van der Waals surface area contributed by atoms with Crippen molar-refractivity contribution in [1.82, 2.24) is 4.90 Å². The minimum Gasteiger partial charge on any atom is -0.383 e. The second-order valence-electron chi connectivity index (χ2n) is 4.29. The zero-order valence-corrected chi connectivity index (χ0v) is 9.90. The summed E-state index contributed by atoms with van der Waals surface area (Å²) < 4.78 is 5.02. The number of methoxy groups -OCH3 is 1. The summed E-state index contributed by atoms with van der Waals surface area (Å²) in [5, 5.41) is 0. The van der Waals surface area contributed by atoms with Gasteiger partial charge in [0.05, 0.1) is 12.5 Å². The second kappa shape index (κ2) is 5.47. The van der Waals surface area contributed by atoms with Crippen LogP contribution in [-0.4, -0.2) is 43.2 Å². The van der Waals surface area contributed by atoms with E-state index in [2.05, 4.69) is 13.8 Å². The van der Waals surface area contributed by atoms with Crippen molar-refractivity contribution in [2.45, 2.75) is 38.8 Å². The molecule has 15 heavy (non-hydrogen) atoms. The molecule has 0 radical (unpaired) electrons. The van der Waals surface area contributed by atoms with Gasteiger partial charge in [-0.3, -0.25) is 4.79 Å². The summed E-state index contributed by atoms with van der Waals surface area (Å²) in [5.41, 5.74) is 5.70. The molecule has 4 nitrogen and oxygen atoms in total. The Balaban J connectivity index is 2.50. The molecule has 4 heteroatoms. The summed E-state index contributed by atoms with van der Waals surface area (Å²) in [6.45, 7) is 5.43. The van der Waals surface area contributed by atoms with Gasteiger partial charge < -0.3 is 15.4 Å². The Morgan fingerprint density at radius 1 is 1.67 bits per heavy atom. The molecule has 3 atom stereocenters. The smallest absolute Gasteiger partial charge is 0.227 e. The van der Waals surface area contributed by atoms with E-state index in [0.717, 1.165) is 12.8 Å². The molecular weight excluding hydrogens is 192 g/mol. The first kappa shape index (κ1) is 12.5. The van der Waals surface area contributed by atoms with E-state index in [-0.39, 0.29) is 23.9 Å². The Bertz CT molecular complexity index is 221. The van der Waals surface area contributed by atoms with Crippen molar-refractivity contribution in [3.8, 4) is 0 Å². The van der Waals surface area contributed by atoms with Gasteiger partial charge in [-0.05, 0) is 19.8 Å². The standard InChI is InChI=1S/C11H22N2O2/c1-4-8(2)13(5-6-15-3)11(14)9-7-10(9)12/h8-10H,4-7,12H2,1-3H3. The summed E-state index contributed by atoms with van der Waals surface area (Å²) >= 11 is 0. The van der Waals surface area contributed by atoms with Gasteiger partial charge >= 0.3 is 0 Å². The van der Waals surface area contributed by atoms with Crippen molar-refractivity contribution >= 4 is 5.91 Å². The van der Waals surface area contributed by atoms with E-state index in [9.17, 15) is 4.79 Å². The number of hydrogen-bond acceptors (Lipinski definition) is 3. The Morgan fingerprint density at radius 2 is 2.27 bits per heavy atom. The van der Waals surface area contributed by atoms with Crippen LogP contribution in [0.3, 0.4) is 0 Å². The number of carbonyl (C=O) groups is 1. The highest BCUT2D eigenvalue weighted by atomic mass is 16.5. The van der Waals surface area contributed by atoms with E-state index in [1.807, 2.05) is 4.90 Å². The molecule has 0 aromatic heterocycles. The van der Waals surface area contributed by atoms with Crippen molar-refractivity contribution in [1.29, 1.82) is 0 Å². The summed E-state index contributed by atoms with van der Waals surface area (Å²) in [4.78, 5) is 13.9. The third-order valence-corrected chi connectivity index (χ3v) is 3.10. The second-order valence-corrected chi connectivity index (χ2v) is 4.29. The molecule has 0 saturated heterocycles. The van der Waals surface area contributed by atoms with Crippen LogP contribution in [0.4, 0.5) is 0 Å². The molecule has 88 valence electrons. The molecule has 1 fully saturated rings. The van der Waals surface area contributed by atoms with Gasteiger partial charge in [0.2, 0.25) is 5.91 Å². The summed E-state index contributed by atoms with van der Waals surface area (Å²) in [5.74, 6) is 0.268. The van der Waals surface area contributed by atoms with E-state index in [0.29, 0.717) is 13.2 Å². The molecule has 1 rings (SSSR count). The number of carbonyl (C=O) groups excluding carboxylic acids is 1. The number of ether oxygens (including phenoxy) is 1. The predicted octanol–water partition coefficient (Wildman–Crippen LogP) is 0.607. The van der Waals surface area contributed by atoms with Gasteiger partial charge in [-0.15, -0.1) is 0 Å². The van der Waals surface area contributed by atoms with E-state index < -0.39 is 0 Å². The zero-order valence-electron chi connectivity index (χ0n) is 9.90. The maximum atomic E-state index is 12.0. The average molecular weight is 214 g/mol. The monoisotopic (exact) mass is 214 g/mol. The van der Waals surface area contributed by atoms with Gasteiger partial charge in [-0.25, -0.2) is 0 Å². The molecule has 1 amide bonds. The highest BCUT2D eigenvalue weighted by Gasteiger charge is 2.42. The Kier molecular flexibility index (Phi) is 4.54. The number of hydrogen-bond donors (Lipinski definition) is 1. The van der Waals surface area contributed by atoms with Crippen molar-refractivity contribution < 1.29 is 9.53 Å². The highest BCUT2D eigenvalue weighted by molar-refractivity contribution is 5.82. The van der Waals surface area contributed by atoms with Gasteiger partial charge in [0.15, 0.2) is 0 Å². The summed E-state index contributed by atoms with van der Waals surface area (Å²) in [6, 6.07) is 0.368. The minimum atomic E-state index is 0.0656. The molecule has 1 saturated carbocycles. The third-order valence-electron chi connectivity index (χ3n) is 3.10. The Hall–Kier alpha value is -0.610. The summed E-state index contributed by atoms with van der Waals surface area (Å²) in [7, 11) is 1.65. The Morgan fingerprint density at radius 3 is 2.67 bits per heavy atom. The molecular formula is C11H22N2O2. The molecule has 1 aliphatic carbocycles. The lowest BCUT2D eigenvalue weighted by molar-refractivity contribution is -0.135. The fourth-order valence-electron chi connectivity index (χ4n) is 1.67. The largest absolute Gasteiger partial charge is 0.383 e. The van der Waals surface area contributed by atoms with Crippen LogP contribution in [0.15, 0.2) is 0 Å². The van der Waals surface area contributed by atoms with Crippen LogP contribution in [0.25, 0.3) is 0 Å². The van der Waals surface area contributed by atoms with Crippen LogP contribution in [-0.2, 0) is 9.53 Å². The quantitative estimate of drug-likeness (QED) is 0.704. The molecule has 0 aromatic rings. The number of nitrogens with zero attached hydrogens (tertiary/aromatic N) is 1. The van der Waals surface area contributed by atoms with E-state index in [1.165, 1.54) is 0 Å². The van der Waals surface area contributed by atoms with Crippen molar-refractivity contribution in [2.75, 3.05) is 20.3 Å². The molecule has 2 N–H and O–H groups in total.